The van der Waals surface area contributed by atoms with Gasteiger partial charge in [-0.2, -0.15) is 0 Å². The molecule has 1 heterocycles. The highest BCUT2D eigenvalue weighted by atomic mass is 32.2. The molecule has 0 aliphatic heterocycles. The molecular weight excluding hydrogens is 428 g/mol. The Balaban J connectivity index is 1.61. The van der Waals surface area contributed by atoms with Crippen LogP contribution >= 0.6 is 0 Å². The second-order valence-corrected chi connectivity index (χ2v) is 10.2. The van der Waals surface area contributed by atoms with Gasteiger partial charge in [-0.25, -0.2) is 13.1 Å². The summed E-state index contributed by atoms with van der Waals surface area (Å²) in [5, 5.41) is 4.66. The lowest BCUT2D eigenvalue weighted by molar-refractivity contribution is 0.102. The van der Waals surface area contributed by atoms with Crippen molar-refractivity contribution in [2.24, 2.45) is 0 Å². The number of sulfonamides is 1. The number of benzene rings is 3. The zero-order valence-electron chi connectivity index (χ0n) is 18.2. The van der Waals surface area contributed by atoms with Gasteiger partial charge in [-0.15, -0.1) is 0 Å². The lowest BCUT2D eigenvalue weighted by Gasteiger charge is -2.20. The number of anilines is 1. The Hall–Kier alpha value is -3.36. The molecule has 0 spiro atoms. The van der Waals surface area contributed by atoms with Gasteiger partial charge in [0.1, 0.15) is 16.9 Å². The molecule has 8 heteroatoms. The predicted octanol–water partition coefficient (Wildman–Crippen LogP) is 4.92. The molecule has 0 bridgehead atoms. The third kappa shape index (κ3) is 4.32. The van der Waals surface area contributed by atoms with E-state index in [9.17, 15) is 13.2 Å². The van der Waals surface area contributed by atoms with Crippen LogP contribution in [-0.4, -0.2) is 27.0 Å². The molecule has 0 atom stereocenters. The van der Waals surface area contributed by atoms with E-state index in [2.05, 4.69) is 10.0 Å². The van der Waals surface area contributed by atoms with Crippen LogP contribution in [0.25, 0.3) is 21.9 Å². The molecule has 0 saturated carbocycles. The highest BCUT2D eigenvalue weighted by Gasteiger charge is 2.22. The van der Waals surface area contributed by atoms with E-state index in [0.717, 1.165) is 16.4 Å². The van der Waals surface area contributed by atoms with Crippen molar-refractivity contribution in [2.45, 2.75) is 31.2 Å². The standard InChI is InChI=1S/C24H24N2O5S/c1-24(2,3)26-32(28,29)16-11-9-15(10-12-16)23(27)25-19-14-21-18(13-22(19)30-4)17-7-5-6-8-20(17)31-21/h5-14,26H,1-4H3,(H,25,27). The first-order chi connectivity index (χ1) is 15.1. The second kappa shape index (κ2) is 7.96. The second-order valence-electron chi connectivity index (χ2n) is 8.48. The van der Waals surface area contributed by atoms with Crippen LogP contribution in [0.3, 0.4) is 0 Å². The van der Waals surface area contributed by atoms with Crippen LogP contribution < -0.4 is 14.8 Å². The van der Waals surface area contributed by atoms with Crippen molar-refractivity contribution in [3.63, 3.8) is 0 Å². The first-order valence-electron chi connectivity index (χ1n) is 10.0. The maximum atomic E-state index is 12.8. The van der Waals surface area contributed by atoms with Crippen molar-refractivity contribution < 1.29 is 22.4 Å². The van der Waals surface area contributed by atoms with Gasteiger partial charge < -0.3 is 14.5 Å². The van der Waals surface area contributed by atoms with E-state index in [0.29, 0.717) is 22.6 Å². The Kier molecular flexibility index (Phi) is 5.44. The maximum Gasteiger partial charge on any atom is 0.255 e. The van der Waals surface area contributed by atoms with Crippen LogP contribution in [0.4, 0.5) is 5.69 Å². The monoisotopic (exact) mass is 452 g/mol. The Morgan fingerprint density at radius 3 is 2.28 bits per heavy atom. The fourth-order valence-electron chi connectivity index (χ4n) is 3.46. The first-order valence-corrected chi connectivity index (χ1v) is 11.5. The molecule has 0 aliphatic rings. The van der Waals surface area contributed by atoms with Crippen LogP contribution in [0.15, 0.2) is 70.0 Å². The SMILES string of the molecule is COc1cc2c(cc1NC(=O)c1ccc(S(=O)(=O)NC(C)(C)C)cc1)oc1ccccc12. The van der Waals surface area contributed by atoms with Gasteiger partial charge in [-0.3, -0.25) is 4.79 Å². The third-order valence-corrected chi connectivity index (χ3v) is 6.59. The first kappa shape index (κ1) is 21.9. The summed E-state index contributed by atoms with van der Waals surface area (Å²) in [6.07, 6.45) is 0. The topological polar surface area (TPSA) is 97.6 Å². The number of hydrogen-bond acceptors (Lipinski definition) is 5. The highest BCUT2D eigenvalue weighted by molar-refractivity contribution is 7.89. The number of amides is 1. The molecule has 0 radical (unpaired) electrons. The Morgan fingerprint density at radius 1 is 0.938 bits per heavy atom. The average Bonchev–Trinajstić information content (AvgIpc) is 3.09. The molecule has 1 amide bonds. The minimum Gasteiger partial charge on any atom is -0.495 e. The summed E-state index contributed by atoms with van der Waals surface area (Å²) in [7, 11) is -2.15. The largest absolute Gasteiger partial charge is 0.495 e. The lowest BCUT2D eigenvalue weighted by atomic mass is 10.1. The highest BCUT2D eigenvalue weighted by Crippen LogP contribution is 2.36. The summed E-state index contributed by atoms with van der Waals surface area (Å²) in [5.41, 5.74) is 1.52. The fraction of sp³-hybridized carbons (Fsp3) is 0.208. The van der Waals surface area contributed by atoms with Crippen LogP contribution in [0.2, 0.25) is 0 Å². The summed E-state index contributed by atoms with van der Waals surface area (Å²) in [4.78, 5) is 12.9. The van der Waals surface area contributed by atoms with Crippen molar-refractivity contribution in [3.8, 4) is 5.75 Å². The summed E-state index contributed by atoms with van der Waals surface area (Å²) >= 11 is 0. The van der Waals surface area contributed by atoms with Crippen LogP contribution in [0.5, 0.6) is 5.75 Å². The van der Waals surface area contributed by atoms with Gasteiger partial charge in [0.25, 0.3) is 5.91 Å². The number of rotatable bonds is 5. The fourth-order valence-corrected chi connectivity index (χ4v) is 4.88. The number of furan rings is 1. The molecule has 1 aromatic heterocycles. The number of para-hydroxylation sites is 1. The van der Waals surface area contributed by atoms with Crippen molar-refractivity contribution >= 4 is 43.6 Å². The van der Waals surface area contributed by atoms with Crippen molar-refractivity contribution in [1.82, 2.24) is 4.72 Å². The smallest absolute Gasteiger partial charge is 0.255 e. The van der Waals surface area contributed by atoms with Gasteiger partial charge in [-0.1, -0.05) is 18.2 Å². The normalized spacial score (nSPS) is 12.2. The van der Waals surface area contributed by atoms with Crippen LogP contribution in [-0.2, 0) is 10.0 Å². The summed E-state index contributed by atoms with van der Waals surface area (Å²) in [6.45, 7) is 5.29. The molecule has 4 rings (SSSR count). The van der Waals surface area contributed by atoms with E-state index < -0.39 is 21.5 Å². The number of fused-ring (bicyclic) bond motifs is 3. The third-order valence-electron chi connectivity index (χ3n) is 4.81. The van der Waals surface area contributed by atoms with Gasteiger partial charge in [-0.05, 0) is 57.2 Å². The van der Waals surface area contributed by atoms with Crippen molar-refractivity contribution in [2.75, 3.05) is 12.4 Å². The number of hydrogen-bond donors (Lipinski definition) is 2. The van der Waals surface area contributed by atoms with Gasteiger partial charge in [0.15, 0.2) is 0 Å². The van der Waals surface area contributed by atoms with Gasteiger partial charge in [0.05, 0.1) is 17.7 Å². The number of methoxy groups -OCH3 is 1. The molecule has 3 aromatic carbocycles. The molecule has 4 aromatic rings. The van der Waals surface area contributed by atoms with Gasteiger partial charge in [0, 0.05) is 27.9 Å². The van der Waals surface area contributed by atoms with Gasteiger partial charge in [0.2, 0.25) is 10.0 Å². The number of carbonyl (C=O) groups excluding carboxylic acids is 1. The Labute approximate surface area is 186 Å². The number of nitrogens with one attached hydrogen (secondary N) is 2. The zero-order chi connectivity index (χ0) is 23.1. The van der Waals surface area contributed by atoms with E-state index in [1.165, 1.54) is 31.4 Å². The number of ether oxygens (including phenoxy) is 1. The lowest BCUT2D eigenvalue weighted by Crippen LogP contribution is -2.40. The molecule has 32 heavy (non-hydrogen) atoms. The van der Waals surface area contributed by atoms with E-state index in [-0.39, 0.29) is 4.90 Å². The minimum absolute atomic E-state index is 0.0882. The molecule has 2 N–H and O–H groups in total. The average molecular weight is 453 g/mol. The summed E-state index contributed by atoms with van der Waals surface area (Å²) < 4.78 is 38.9. The van der Waals surface area contributed by atoms with E-state index in [1.807, 2.05) is 30.3 Å². The minimum atomic E-state index is -3.68. The zero-order valence-corrected chi connectivity index (χ0v) is 19.0. The maximum absolute atomic E-state index is 12.8. The van der Waals surface area contributed by atoms with E-state index in [4.69, 9.17) is 9.15 Å². The molecule has 166 valence electrons. The molecule has 0 fully saturated rings. The van der Waals surface area contributed by atoms with E-state index in [1.54, 1.807) is 26.8 Å². The predicted molar refractivity (Wildman–Crippen MR) is 125 cm³/mol. The molecule has 7 nitrogen and oxygen atoms in total. The van der Waals surface area contributed by atoms with Gasteiger partial charge >= 0.3 is 0 Å². The van der Waals surface area contributed by atoms with Crippen molar-refractivity contribution in [3.05, 3.63) is 66.2 Å². The van der Waals surface area contributed by atoms with E-state index >= 15 is 0 Å². The Bertz CT molecular complexity index is 1410. The van der Waals surface area contributed by atoms with Crippen LogP contribution in [0.1, 0.15) is 31.1 Å². The summed E-state index contributed by atoms with van der Waals surface area (Å²) in [6, 6.07) is 17.0. The molecule has 0 saturated heterocycles. The molecule has 0 aliphatic carbocycles. The van der Waals surface area contributed by atoms with Crippen LogP contribution in [0, 0.1) is 0 Å². The number of carbonyl (C=O) groups is 1. The summed E-state index contributed by atoms with van der Waals surface area (Å²) in [5.74, 6) is 0.0949. The molecular formula is C24H24N2O5S. The Morgan fingerprint density at radius 2 is 1.62 bits per heavy atom. The quantitative estimate of drug-likeness (QED) is 0.448. The molecule has 0 unspecified atom stereocenters. The van der Waals surface area contributed by atoms with Crippen molar-refractivity contribution in [1.29, 1.82) is 0 Å².